The van der Waals surface area contributed by atoms with Crippen molar-refractivity contribution in [2.24, 2.45) is 0 Å². The van der Waals surface area contributed by atoms with Crippen LogP contribution in [-0.2, 0) is 14.3 Å². The summed E-state index contributed by atoms with van der Waals surface area (Å²) in [4.78, 5) is 60.5. The number of aliphatic carboxylic acids is 1. The highest BCUT2D eigenvalue weighted by Gasteiger charge is 2.24. The fourth-order valence-electron chi connectivity index (χ4n) is 2.85. The number of hydrogen-bond acceptors (Lipinski definition) is 6. The van der Waals surface area contributed by atoms with Crippen LogP contribution in [0.3, 0.4) is 0 Å². The third kappa shape index (κ3) is 9.62. The minimum Gasteiger partial charge on any atom is -0.480 e. The second-order valence-electron chi connectivity index (χ2n) is 8.66. The summed E-state index contributed by atoms with van der Waals surface area (Å²) >= 11 is 11.9. The summed E-state index contributed by atoms with van der Waals surface area (Å²) in [6.07, 6.45) is -0.693. The molecule has 0 aliphatic carbocycles. The monoisotopic (exact) mass is 552 g/mol. The number of ether oxygens (including phenoxy) is 1. The summed E-state index contributed by atoms with van der Waals surface area (Å²) in [6.45, 7) is 4.19. The van der Waals surface area contributed by atoms with E-state index in [2.05, 4.69) is 21.3 Å². The maximum absolute atomic E-state index is 12.4. The van der Waals surface area contributed by atoms with E-state index in [-0.39, 0.29) is 21.2 Å². The average molecular weight is 553 g/mol. The van der Waals surface area contributed by atoms with Crippen LogP contribution in [0.5, 0.6) is 0 Å². The summed E-state index contributed by atoms with van der Waals surface area (Å²) in [5, 5.41) is 18.9. The maximum atomic E-state index is 12.4. The molecule has 0 saturated heterocycles. The second kappa shape index (κ2) is 12.9. The summed E-state index contributed by atoms with van der Waals surface area (Å²) in [5.74, 6) is -3.55. The van der Waals surface area contributed by atoms with Crippen molar-refractivity contribution in [3.63, 3.8) is 0 Å². The smallest absolute Gasteiger partial charge is 0.412 e. The fraction of sp³-hybridized carbons (Fsp3) is 0.292. The van der Waals surface area contributed by atoms with E-state index in [0.717, 1.165) is 0 Å². The van der Waals surface area contributed by atoms with E-state index in [0.29, 0.717) is 5.69 Å². The number of carbonyl (C=O) groups excluding carboxylic acids is 4. The van der Waals surface area contributed by atoms with Crippen molar-refractivity contribution in [3.05, 3.63) is 63.6 Å². The zero-order chi connectivity index (χ0) is 27.8. The molecular weight excluding hydrogens is 527 g/mol. The van der Waals surface area contributed by atoms with E-state index in [1.165, 1.54) is 36.4 Å². The van der Waals surface area contributed by atoms with Crippen LogP contribution in [0, 0.1) is 0 Å². The summed E-state index contributed by atoms with van der Waals surface area (Å²) in [7, 11) is 0. The predicted octanol–water partition coefficient (Wildman–Crippen LogP) is 3.07. The third-order valence-corrected chi connectivity index (χ3v) is 5.11. The lowest BCUT2D eigenvalue weighted by atomic mass is 10.2. The molecule has 37 heavy (non-hydrogen) atoms. The van der Waals surface area contributed by atoms with E-state index < -0.39 is 54.5 Å². The van der Waals surface area contributed by atoms with E-state index in [4.69, 9.17) is 27.9 Å². The molecule has 13 heteroatoms. The Morgan fingerprint density at radius 3 is 2.16 bits per heavy atom. The minimum atomic E-state index is -1.49. The first-order valence-electron chi connectivity index (χ1n) is 10.9. The molecule has 5 N–H and O–H groups in total. The molecule has 0 saturated carbocycles. The highest BCUT2D eigenvalue weighted by atomic mass is 35.5. The Balaban J connectivity index is 1.89. The maximum Gasteiger partial charge on any atom is 0.412 e. The molecule has 0 heterocycles. The lowest BCUT2D eigenvalue weighted by molar-refractivity contribution is -0.139. The van der Waals surface area contributed by atoms with Gasteiger partial charge < -0.3 is 25.8 Å². The van der Waals surface area contributed by atoms with Crippen molar-refractivity contribution in [1.82, 2.24) is 16.0 Å². The van der Waals surface area contributed by atoms with Gasteiger partial charge in [0.05, 0.1) is 22.2 Å². The summed E-state index contributed by atoms with van der Waals surface area (Å²) in [6, 6.07) is 8.85. The Morgan fingerprint density at radius 2 is 1.57 bits per heavy atom. The number of carbonyl (C=O) groups is 5. The summed E-state index contributed by atoms with van der Waals surface area (Å²) in [5.41, 5.74) is -0.325. The van der Waals surface area contributed by atoms with Gasteiger partial charge in [0.2, 0.25) is 5.91 Å². The number of rotatable bonds is 9. The van der Waals surface area contributed by atoms with Gasteiger partial charge in [0.15, 0.2) is 0 Å². The highest BCUT2D eigenvalue weighted by molar-refractivity contribution is 6.39. The molecule has 4 amide bonds. The number of halogens is 2. The molecule has 0 aliphatic heterocycles. The van der Waals surface area contributed by atoms with Gasteiger partial charge in [0.1, 0.15) is 11.6 Å². The number of anilines is 1. The predicted molar refractivity (Wildman–Crippen MR) is 137 cm³/mol. The van der Waals surface area contributed by atoms with Crippen LogP contribution in [0.1, 0.15) is 41.5 Å². The quantitative estimate of drug-likeness (QED) is 0.319. The number of carboxylic acid groups (broad SMARTS) is 1. The van der Waals surface area contributed by atoms with Gasteiger partial charge in [-0.05, 0) is 51.1 Å². The molecule has 0 radical (unpaired) electrons. The van der Waals surface area contributed by atoms with E-state index >= 15 is 0 Å². The van der Waals surface area contributed by atoms with Gasteiger partial charge in [0.25, 0.3) is 11.8 Å². The SMILES string of the molecule is CC(C)(C)OC(=O)Nc1cccc(C(=O)NCC(=O)NCC(NC(=O)c2c(Cl)cccc2Cl)C(=O)O)c1. The van der Waals surface area contributed by atoms with Gasteiger partial charge in [-0.3, -0.25) is 19.7 Å². The van der Waals surface area contributed by atoms with Gasteiger partial charge >= 0.3 is 12.1 Å². The van der Waals surface area contributed by atoms with Crippen molar-refractivity contribution in [1.29, 1.82) is 0 Å². The first-order chi connectivity index (χ1) is 17.3. The van der Waals surface area contributed by atoms with Crippen molar-refractivity contribution < 1.29 is 33.8 Å². The summed E-state index contributed by atoms with van der Waals surface area (Å²) < 4.78 is 5.16. The molecule has 1 atom stereocenters. The Kier molecular flexibility index (Phi) is 10.3. The Morgan fingerprint density at radius 1 is 0.946 bits per heavy atom. The first kappa shape index (κ1) is 29.4. The third-order valence-electron chi connectivity index (χ3n) is 4.48. The van der Waals surface area contributed by atoms with Gasteiger partial charge in [-0.2, -0.15) is 0 Å². The van der Waals surface area contributed by atoms with E-state index in [9.17, 15) is 29.1 Å². The number of carboxylic acids is 1. The molecule has 2 rings (SSSR count). The molecule has 1 unspecified atom stereocenters. The average Bonchev–Trinajstić information content (AvgIpc) is 2.78. The van der Waals surface area contributed by atoms with Crippen molar-refractivity contribution in [3.8, 4) is 0 Å². The lowest BCUT2D eigenvalue weighted by Crippen LogP contribution is -2.50. The largest absolute Gasteiger partial charge is 0.480 e. The van der Waals surface area contributed by atoms with Crippen LogP contribution >= 0.6 is 23.2 Å². The molecule has 2 aromatic rings. The molecule has 0 fully saturated rings. The highest BCUT2D eigenvalue weighted by Crippen LogP contribution is 2.24. The van der Waals surface area contributed by atoms with E-state index in [1.54, 1.807) is 26.8 Å². The fourth-order valence-corrected chi connectivity index (χ4v) is 3.41. The number of hydrogen-bond donors (Lipinski definition) is 5. The topological polar surface area (TPSA) is 163 Å². The van der Waals surface area contributed by atoms with Gasteiger partial charge in [-0.1, -0.05) is 35.3 Å². The number of amides is 4. The standard InChI is InChI=1S/C24H26Cl2N4O7/c1-24(2,3)37-23(36)29-14-7-4-6-13(10-14)20(32)28-12-18(31)27-11-17(22(34)35)30-21(33)19-15(25)8-5-9-16(19)26/h4-10,17H,11-12H2,1-3H3,(H,27,31)(H,28,32)(H,29,36)(H,30,33)(H,34,35). The molecule has 0 bridgehead atoms. The zero-order valence-electron chi connectivity index (χ0n) is 20.2. The number of nitrogens with one attached hydrogen (secondary N) is 4. The Bertz CT molecular complexity index is 1180. The Hall–Kier alpha value is -3.83. The Labute approximate surface area is 222 Å². The van der Waals surface area contributed by atoms with Crippen molar-refractivity contribution in [2.45, 2.75) is 32.4 Å². The van der Waals surface area contributed by atoms with Gasteiger partial charge in [-0.25, -0.2) is 9.59 Å². The number of benzene rings is 2. The van der Waals surface area contributed by atoms with Crippen LogP contribution in [0.2, 0.25) is 10.0 Å². The molecule has 0 aromatic heterocycles. The van der Waals surface area contributed by atoms with Crippen LogP contribution in [0.4, 0.5) is 10.5 Å². The molecular formula is C24H26Cl2N4O7. The zero-order valence-corrected chi connectivity index (χ0v) is 21.7. The van der Waals surface area contributed by atoms with Crippen molar-refractivity contribution in [2.75, 3.05) is 18.4 Å². The van der Waals surface area contributed by atoms with Gasteiger partial charge in [0, 0.05) is 17.8 Å². The van der Waals surface area contributed by atoms with Gasteiger partial charge in [-0.15, -0.1) is 0 Å². The minimum absolute atomic E-state index is 0.0336. The second-order valence-corrected chi connectivity index (χ2v) is 9.47. The lowest BCUT2D eigenvalue weighted by Gasteiger charge is -2.19. The molecule has 0 spiro atoms. The molecule has 11 nitrogen and oxygen atoms in total. The first-order valence-corrected chi connectivity index (χ1v) is 11.6. The normalized spacial score (nSPS) is 11.6. The molecule has 2 aromatic carbocycles. The molecule has 0 aliphatic rings. The van der Waals surface area contributed by atoms with Crippen molar-refractivity contribution >= 4 is 58.7 Å². The molecule has 198 valence electrons. The van der Waals surface area contributed by atoms with E-state index in [1.807, 2.05) is 0 Å². The van der Waals surface area contributed by atoms with Crippen LogP contribution in [-0.4, -0.2) is 59.6 Å². The van der Waals surface area contributed by atoms with Crippen LogP contribution < -0.4 is 21.3 Å². The van der Waals surface area contributed by atoms with Crippen LogP contribution in [0.25, 0.3) is 0 Å². The van der Waals surface area contributed by atoms with Crippen LogP contribution in [0.15, 0.2) is 42.5 Å².